The van der Waals surface area contributed by atoms with Crippen molar-refractivity contribution in [2.24, 2.45) is 0 Å². The number of nitrogens with zero attached hydrogens (tertiary/aromatic N) is 1. The van der Waals surface area contributed by atoms with Crippen molar-refractivity contribution >= 4 is 15.9 Å². The minimum absolute atomic E-state index is 0.0639. The number of urea groups is 1. The van der Waals surface area contributed by atoms with Gasteiger partial charge in [-0.3, -0.25) is 0 Å². The van der Waals surface area contributed by atoms with Gasteiger partial charge in [-0.05, 0) is 38.2 Å². The van der Waals surface area contributed by atoms with Crippen LogP contribution in [0.4, 0.5) is 4.79 Å². The molecule has 0 spiro atoms. The Morgan fingerprint density at radius 1 is 0.963 bits per heavy atom. The van der Waals surface area contributed by atoms with E-state index in [9.17, 15) is 13.2 Å². The summed E-state index contributed by atoms with van der Waals surface area (Å²) in [7, 11) is 0.552. The number of benzene rings is 2. The van der Waals surface area contributed by atoms with Gasteiger partial charge in [-0.2, -0.15) is 0 Å². The third-order valence-electron chi connectivity index (χ3n) is 4.30. The highest BCUT2D eigenvalue weighted by atomic mass is 32.2. The van der Waals surface area contributed by atoms with Crippen LogP contribution in [-0.4, -0.2) is 58.3 Å². The van der Waals surface area contributed by atoms with Gasteiger partial charge in [0.2, 0.25) is 0 Å². The second-order valence-corrected chi connectivity index (χ2v) is 8.69. The summed E-state index contributed by atoms with van der Waals surface area (Å²) in [4.78, 5) is 14.3. The lowest BCUT2D eigenvalue weighted by molar-refractivity contribution is 0.232. The molecule has 0 aromatic heterocycles. The molecule has 2 amide bonds. The molecule has 1 atom stereocenters. The Labute approximate surface area is 161 Å². The summed E-state index contributed by atoms with van der Waals surface area (Å²) in [5.74, 6) is -0.133. The number of amides is 2. The Kier molecular flexibility index (Phi) is 7.82. The maximum absolute atomic E-state index is 12.2. The second kappa shape index (κ2) is 10.1. The van der Waals surface area contributed by atoms with Gasteiger partial charge in [0, 0.05) is 19.1 Å². The smallest absolute Gasteiger partial charge is 0.314 e. The quantitative estimate of drug-likeness (QED) is 0.687. The van der Waals surface area contributed by atoms with Crippen LogP contribution in [0, 0.1) is 0 Å². The van der Waals surface area contributed by atoms with Crippen molar-refractivity contribution in [1.29, 1.82) is 0 Å². The highest BCUT2D eigenvalue weighted by Gasteiger charge is 2.16. The third kappa shape index (κ3) is 7.03. The van der Waals surface area contributed by atoms with E-state index in [0.717, 1.165) is 6.42 Å². The number of sulfone groups is 1. The fraction of sp³-hybridized carbons (Fsp3) is 0.350. The Morgan fingerprint density at radius 3 is 2.15 bits per heavy atom. The van der Waals surface area contributed by atoms with Crippen molar-refractivity contribution in [3.05, 3.63) is 66.2 Å². The summed E-state index contributed by atoms with van der Waals surface area (Å²) in [5.41, 5.74) is 1.20. The van der Waals surface area contributed by atoms with Crippen molar-refractivity contribution in [1.82, 2.24) is 15.5 Å². The summed E-state index contributed by atoms with van der Waals surface area (Å²) in [5, 5.41) is 5.44. The first-order chi connectivity index (χ1) is 12.9. The molecule has 2 N–H and O–H groups in total. The summed E-state index contributed by atoms with van der Waals surface area (Å²) in [6.45, 7) is 0.535. The normalized spacial score (nSPS) is 12.6. The Morgan fingerprint density at radius 2 is 1.56 bits per heavy atom. The van der Waals surface area contributed by atoms with Gasteiger partial charge in [-0.1, -0.05) is 48.5 Å². The molecule has 6 nitrogen and oxygen atoms in total. The zero-order valence-electron chi connectivity index (χ0n) is 15.8. The maximum Gasteiger partial charge on any atom is 0.314 e. The minimum Gasteiger partial charge on any atom is -0.337 e. The molecule has 2 aromatic rings. The van der Waals surface area contributed by atoms with Gasteiger partial charge >= 0.3 is 6.03 Å². The van der Waals surface area contributed by atoms with Gasteiger partial charge in [-0.15, -0.1) is 0 Å². The van der Waals surface area contributed by atoms with E-state index in [1.54, 1.807) is 30.3 Å². The first-order valence-corrected chi connectivity index (χ1v) is 10.5. The van der Waals surface area contributed by atoms with E-state index < -0.39 is 9.84 Å². The van der Waals surface area contributed by atoms with E-state index in [-0.39, 0.29) is 29.3 Å². The van der Waals surface area contributed by atoms with Crippen LogP contribution in [-0.2, 0) is 16.3 Å². The van der Waals surface area contributed by atoms with Crippen LogP contribution in [0.25, 0.3) is 0 Å². The molecule has 27 heavy (non-hydrogen) atoms. The van der Waals surface area contributed by atoms with Crippen molar-refractivity contribution in [2.45, 2.75) is 17.4 Å². The topological polar surface area (TPSA) is 78.5 Å². The van der Waals surface area contributed by atoms with E-state index in [0.29, 0.717) is 6.54 Å². The van der Waals surface area contributed by atoms with Crippen LogP contribution in [0.5, 0.6) is 0 Å². The molecule has 0 fully saturated rings. The molecule has 146 valence electrons. The molecule has 0 bridgehead atoms. The van der Waals surface area contributed by atoms with Crippen molar-refractivity contribution in [2.75, 3.05) is 32.9 Å². The van der Waals surface area contributed by atoms with Crippen LogP contribution >= 0.6 is 0 Å². The number of hydrogen-bond acceptors (Lipinski definition) is 4. The predicted octanol–water partition coefficient (Wildman–Crippen LogP) is 1.93. The van der Waals surface area contributed by atoms with Gasteiger partial charge in [0.25, 0.3) is 0 Å². The number of carbonyl (C=O) groups excluding carboxylic acids is 1. The molecule has 2 aromatic carbocycles. The van der Waals surface area contributed by atoms with Crippen molar-refractivity contribution < 1.29 is 13.2 Å². The van der Waals surface area contributed by atoms with Crippen LogP contribution in [0.1, 0.15) is 5.56 Å². The third-order valence-corrected chi connectivity index (χ3v) is 6.03. The SMILES string of the molecule is CN(C)C(CNC(=O)NCCS(=O)(=O)c1ccccc1)Cc1ccccc1. The number of rotatable bonds is 9. The maximum atomic E-state index is 12.2. The second-order valence-electron chi connectivity index (χ2n) is 6.58. The molecule has 7 heteroatoms. The molecule has 0 radical (unpaired) electrons. The lowest BCUT2D eigenvalue weighted by Gasteiger charge is -2.24. The predicted molar refractivity (Wildman–Crippen MR) is 108 cm³/mol. The first-order valence-electron chi connectivity index (χ1n) is 8.88. The molecule has 0 heterocycles. The average Bonchev–Trinajstić information content (AvgIpc) is 2.66. The van der Waals surface area contributed by atoms with E-state index in [1.807, 2.05) is 32.3 Å². The van der Waals surface area contributed by atoms with Crippen LogP contribution in [0.2, 0.25) is 0 Å². The van der Waals surface area contributed by atoms with Crippen molar-refractivity contribution in [3.8, 4) is 0 Å². The summed E-state index contributed by atoms with van der Waals surface area (Å²) >= 11 is 0. The summed E-state index contributed by atoms with van der Waals surface area (Å²) < 4.78 is 24.4. The zero-order valence-corrected chi connectivity index (χ0v) is 16.6. The number of nitrogens with one attached hydrogen (secondary N) is 2. The molecule has 2 rings (SSSR count). The van der Waals surface area contributed by atoms with Gasteiger partial charge in [0.05, 0.1) is 10.6 Å². The molecule has 0 aliphatic rings. The Hall–Kier alpha value is -2.38. The largest absolute Gasteiger partial charge is 0.337 e. The Bertz CT molecular complexity index is 809. The molecule has 0 aliphatic heterocycles. The van der Waals surface area contributed by atoms with Gasteiger partial charge in [0.15, 0.2) is 9.84 Å². The fourth-order valence-corrected chi connectivity index (χ4v) is 3.82. The average molecular weight is 390 g/mol. The minimum atomic E-state index is -3.39. The van der Waals surface area contributed by atoms with Gasteiger partial charge in [-0.25, -0.2) is 13.2 Å². The van der Waals surface area contributed by atoms with E-state index in [1.165, 1.54) is 5.56 Å². The van der Waals surface area contributed by atoms with Crippen LogP contribution < -0.4 is 10.6 Å². The van der Waals surface area contributed by atoms with Crippen LogP contribution in [0.3, 0.4) is 0 Å². The molecule has 1 unspecified atom stereocenters. The zero-order chi connectivity index (χ0) is 19.7. The van der Waals surface area contributed by atoms with Crippen LogP contribution in [0.15, 0.2) is 65.6 Å². The lowest BCUT2D eigenvalue weighted by Crippen LogP contribution is -2.45. The summed E-state index contributed by atoms with van der Waals surface area (Å²) in [6.07, 6.45) is 0.816. The number of likely N-dealkylation sites (N-methyl/N-ethyl adjacent to an activating group) is 1. The first kappa shape index (κ1) is 20.9. The van der Waals surface area contributed by atoms with Gasteiger partial charge in [0.1, 0.15) is 0 Å². The van der Waals surface area contributed by atoms with Gasteiger partial charge < -0.3 is 15.5 Å². The van der Waals surface area contributed by atoms with E-state index >= 15 is 0 Å². The highest BCUT2D eigenvalue weighted by Crippen LogP contribution is 2.09. The monoisotopic (exact) mass is 389 g/mol. The van der Waals surface area contributed by atoms with E-state index in [4.69, 9.17) is 0 Å². The van der Waals surface area contributed by atoms with E-state index in [2.05, 4.69) is 27.7 Å². The number of carbonyl (C=O) groups is 1. The molecule has 0 saturated carbocycles. The molecule has 0 saturated heterocycles. The number of hydrogen-bond donors (Lipinski definition) is 2. The fourth-order valence-electron chi connectivity index (χ4n) is 2.64. The van der Waals surface area contributed by atoms with Crippen molar-refractivity contribution in [3.63, 3.8) is 0 Å². The summed E-state index contributed by atoms with van der Waals surface area (Å²) in [6, 6.07) is 18.1. The molecule has 0 aliphatic carbocycles. The molecular formula is C20H27N3O3S. The molecular weight excluding hydrogens is 362 g/mol. The highest BCUT2D eigenvalue weighted by molar-refractivity contribution is 7.91. The Balaban J connectivity index is 1.77. The standard InChI is InChI=1S/C20H27N3O3S/c1-23(2)18(15-17-9-5-3-6-10-17)16-22-20(24)21-13-14-27(25,26)19-11-7-4-8-12-19/h3-12,18H,13-16H2,1-2H3,(H2,21,22,24). The lowest BCUT2D eigenvalue weighted by atomic mass is 10.1.